The predicted molar refractivity (Wildman–Crippen MR) is 112 cm³/mol. The molecule has 0 saturated heterocycles. The van der Waals surface area contributed by atoms with Crippen molar-refractivity contribution in [3.63, 3.8) is 0 Å². The van der Waals surface area contributed by atoms with Gasteiger partial charge in [-0.05, 0) is 42.8 Å². The molecule has 3 aromatic rings. The van der Waals surface area contributed by atoms with Crippen LogP contribution < -0.4 is 10.1 Å². The first-order valence-corrected chi connectivity index (χ1v) is 9.26. The molecule has 1 aromatic heterocycles. The van der Waals surface area contributed by atoms with Crippen molar-refractivity contribution in [2.45, 2.75) is 13.5 Å². The molecule has 3 rings (SSSR count). The zero-order valence-corrected chi connectivity index (χ0v) is 16.5. The normalized spacial score (nSPS) is 10.3. The maximum atomic E-state index is 12.9. The van der Waals surface area contributed by atoms with Crippen LogP contribution >= 0.6 is 0 Å². The second-order valence-electron chi connectivity index (χ2n) is 6.69. The van der Waals surface area contributed by atoms with Crippen LogP contribution in [0, 0.1) is 6.92 Å². The van der Waals surface area contributed by atoms with E-state index in [4.69, 9.17) is 4.74 Å². The number of aromatic nitrogens is 1. The maximum Gasteiger partial charge on any atom is 0.254 e. The number of amides is 2. The van der Waals surface area contributed by atoms with Gasteiger partial charge < -0.3 is 15.0 Å². The number of aryl methyl sites for hydroxylation is 1. The van der Waals surface area contributed by atoms with Gasteiger partial charge in [0.15, 0.2) is 0 Å². The number of nitrogens with zero attached hydrogens (tertiary/aromatic N) is 2. The van der Waals surface area contributed by atoms with Crippen LogP contribution in [0.4, 0.5) is 5.82 Å². The van der Waals surface area contributed by atoms with Crippen molar-refractivity contribution in [2.24, 2.45) is 0 Å². The highest BCUT2D eigenvalue weighted by atomic mass is 16.5. The van der Waals surface area contributed by atoms with E-state index in [0.29, 0.717) is 11.4 Å². The molecule has 1 N–H and O–H groups in total. The van der Waals surface area contributed by atoms with Gasteiger partial charge in [0, 0.05) is 24.4 Å². The number of pyridine rings is 1. The van der Waals surface area contributed by atoms with Gasteiger partial charge in [0.25, 0.3) is 5.91 Å². The van der Waals surface area contributed by atoms with Crippen LogP contribution in [-0.4, -0.2) is 35.3 Å². The van der Waals surface area contributed by atoms with E-state index in [2.05, 4.69) is 10.3 Å². The second kappa shape index (κ2) is 9.50. The van der Waals surface area contributed by atoms with Crippen LogP contribution in [0.25, 0.3) is 0 Å². The lowest BCUT2D eigenvalue weighted by molar-refractivity contribution is -0.116. The molecule has 0 radical (unpaired) electrons. The summed E-state index contributed by atoms with van der Waals surface area (Å²) in [5.41, 5.74) is 2.26. The van der Waals surface area contributed by atoms with E-state index >= 15 is 0 Å². The number of ether oxygens (including phenoxy) is 1. The molecule has 0 saturated carbocycles. The second-order valence-corrected chi connectivity index (χ2v) is 6.69. The molecule has 148 valence electrons. The van der Waals surface area contributed by atoms with Gasteiger partial charge in [0.2, 0.25) is 5.91 Å². The third-order valence-electron chi connectivity index (χ3n) is 4.30. The van der Waals surface area contributed by atoms with Gasteiger partial charge in [-0.3, -0.25) is 9.59 Å². The molecular weight excluding hydrogens is 366 g/mol. The van der Waals surface area contributed by atoms with Crippen LogP contribution in [0.2, 0.25) is 0 Å². The quantitative estimate of drug-likeness (QED) is 0.669. The molecule has 0 bridgehead atoms. The molecule has 0 atom stereocenters. The molecule has 0 aliphatic carbocycles. The monoisotopic (exact) mass is 389 g/mol. The van der Waals surface area contributed by atoms with E-state index in [1.807, 2.05) is 55.5 Å². The number of rotatable bonds is 7. The first kappa shape index (κ1) is 20.1. The topological polar surface area (TPSA) is 71.5 Å². The number of hydrogen-bond acceptors (Lipinski definition) is 4. The summed E-state index contributed by atoms with van der Waals surface area (Å²) >= 11 is 0. The zero-order valence-electron chi connectivity index (χ0n) is 16.5. The lowest BCUT2D eigenvalue weighted by atomic mass is 10.1. The Bertz CT molecular complexity index is 989. The number of benzene rings is 2. The van der Waals surface area contributed by atoms with Crippen molar-refractivity contribution >= 4 is 17.6 Å². The van der Waals surface area contributed by atoms with E-state index in [1.54, 1.807) is 31.4 Å². The molecule has 0 aliphatic heterocycles. The Morgan fingerprint density at radius 3 is 2.52 bits per heavy atom. The molecule has 6 nitrogen and oxygen atoms in total. The van der Waals surface area contributed by atoms with Gasteiger partial charge >= 0.3 is 0 Å². The summed E-state index contributed by atoms with van der Waals surface area (Å²) < 4.78 is 5.78. The summed E-state index contributed by atoms with van der Waals surface area (Å²) in [7, 11) is 1.60. The van der Waals surface area contributed by atoms with Crippen molar-refractivity contribution in [1.29, 1.82) is 0 Å². The number of nitrogens with one attached hydrogen (secondary N) is 1. The first-order chi connectivity index (χ1) is 14.0. The van der Waals surface area contributed by atoms with E-state index < -0.39 is 0 Å². The molecule has 2 aromatic carbocycles. The Labute approximate surface area is 170 Å². The number of hydrogen-bond donors (Lipinski definition) is 1. The summed E-state index contributed by atoms with van der Waals surface area (Å²) in [5.74, 6) is 0.641. The Morgan fingerprint density at radius 1 is 1.03 bits per heavy atom. The van der Waals surface area contributed by atoms with Gasteiger partial charge in [-0.1, -0.05) is 36.4 Å². The molecule has 2 amide bonds. The van der Waals surface area contributed by atoms with Crippen LogP contribution in [0.3, 0.4) is 0 Å². The third-order valence-corrected chi connectivity index (χ3v) is 4.30. The van der Waals surface area contributed by atoms with Crippen molar-refractivity contribution in [3.8, 4) is 5.75 Å². The summed E-state index contributed by atoms with van der Waals surface area (Å²) in [4.78, 5) is 30.7. The van der Waals surface area contributed by atoms with E-state index in [0.717, 1.165) is 16.9 Å². The number of para-hydroxylation sites is 1. The van der Waals surface area contributed by atoms with E-state index in [-0.39, 0.29) is 25.0 Å². The van der Waals surface area contributed by atoms with Gasteiger partial charge in [0.05, 0.1) is 6.54 Å². The predicted octanol–water partition coefficient (Wildman–Crippen LogP) is 3.68. The average molecular weight is 389 g/mol. The molecule has 0 unspecified atom stereocenters. The van der Waals surface area contributed by atoms with Crippen molar-refractivity contribution in [1.82, 2.24) is 9.88 Å². The minimum atomic E-state index is -0.308. The minimum Gasteiger partial charge on any atom is -0.489 e. The number of carbonyl (C=O) groups excluding carboxylic acids is 2. The fraction of sp³-hybridized carbons (Fsp3) is 0.174. The Kier molecular flexibility index (Phi) is 6.58. The molecule has 29 heavy (non-hydrogen) atoms. The number of likely N-dealkylation sites (N-methyl/N-ethyl adjacent to an activating group) is 1. The lowest BCUT2D eigenvalue weighted by Crippen LogP contribution is -2.35. The molecule has 6 heteroatoms. The van der Waals surface area contributed by atoms with Crippen LogP contribution in [0.1, 0.15) is 21.5 Å². The van der Waals surface area contributed by atoms with E-state index in [9.17, 15) is 9.59 Å². The van der Waals surface area contributed by atoms with Crippen LogP contribution in [0.15, 0.2) is 72.9 Å². The van der Waals surface area contributed by atoms with Crippen molar-refractivity contribution < 1.29 is 14.3 Å². The maximum absolute atomic E-state index is 12.9. The third kappa shape index (κ3) is 5.65. The molecular formula is C23H23N3O3. The summed E-state index contributed by atoms with van der Waals surface area (Å²) in [6.45, 7) is 2.10. The van der Waals surface area contributed by atoms with Crippen LogP contribution in [0.5, 0.6) is 5.75 Å². The number of carbonyl (C=O) groups is 2. The van der Waals surface area contributed by atoms with Gasteiger partial charge in [0.1, 0.15) is 18.2 Å². The molecule has 0 spiro atoms. The van der Waals surface area contributed by atoms with Crippen molar-refractivity contribution in [2.75, 3.05) is 18.9 Å². The molecule has 1 heterocycles. The summed E-state index contributed by atoms with van der Waals surface area (Å²) in [6, 6.07) is 20.3. The Hall–Kier alpha value is -3.67. The highest BCUT2D eigenvalue weighted by Gasteiger charge is 2.18. The van der Waals surface area contributed by atoms with Gasteiger partial charge in [-0.15, -0.1) is 0 Å². The highest BCUT2D eigenvalue weighted by molar-refractivity contribution is 5.99. The largest absolute Gasteiger partial charge is 0.489 e. The van der Waals surface area contributed by atoms with Crippen LogP contribution in [-0.2, 0) is 11.4 Å². The summed E-state index contributed by atoms with van der Waals surface area (Å²) in [5, 5.41) is 2.71. The van der Waals surface area contributed by atoms with Gasteiger partial charge in [-0.2, -0.15) is 0 Å². The SMILES string of the molecule is Cc1ccnc(NC(=O)CN(C)C(=O)c2ccccc2COc2ccccc2)c1. The fourth-order valence-corrected chi connectivity index (χ4v) is 2.81. The lowest BCUT2D eigenvalue weighted by Gasteiger charge is -2.19. The molecule has 0 aliphatic rings. The smallest absolute Gasteiger partial charge is 0.254 e. The highest BCUT2D eigenvalue weighted by Crippen LogP contribution is 2.16. The molecule has 0 fully saturated rings. The standard InChI is InChI=1S/C23H23N3O3/c1-17-12-13-24-21(14-17)25-22(27)15-26(2)23(28)20-11-7-6-8-18(20)16-29-19-9-4-3-5-10-19/h3-14H,15-16H2,1-2H3,(H,24,25,27). The Morgan fingerprint density at radius 2 is 1.76 bits per heavy atom. The average Bonchev–Trinajstić information content (AvgIpc) is 2.72. The van der Waals surface area contributed by atoms with E-state index in [1.165, 1.54) is 4.90 Å². The first-order valence-electron chi connectivity index (χ1n) is 9.26. The fourth-order valence-electron chi connectivity index (χ4n) is 2.81. The Balaban J connectivity index is 1.63. The summed E-state index contributed by atoms with van der Waals surface area (Å²) in [6.07, 6.45) is 1.63. The minimum absolute atomic E-state index is 0.0810. The van der Waals surface area contributed by atoms with Gasteiger partial charge in [-0.25, -0.2) is 4.98 Å². The van der Waals surface area contributed by atoms with Crippen molar-refractivity contribution in [3.05, 3.63) is 89.6 Å². The zero-order chi connectivity index (χ0) is 20.6. The number of anilines is 1.